The first-order chi connectivity index (χ1) is 28.8. The SMILES string of the molecule is CCCCCCCCCCCCCCCC(=O)OC[C@H](COP(=O)(O)OC1[C@H](O)[C@H](O)C(O)[C@H](O)[C@H]1O)OC(=O)CCC/C=C\C/C=C\C/C=C\C=C\C(=O)CCCCC. The van der Waals surface area contributed by atoms with Crippen molar-refractivity contribution in [3.8, 4) is 0 Å². The zero-order valence-electron chi connectivity index (χ0n) is 36.2. The molecule has 346 valence electrons. The molecular formula is C45H77O14P. The first kappa shape index (κ1) is 55.5. The van der Waals surface area contributed by atoms with Crippen LogP contribution in [0.1, 0.15) is 162 Å². The van der Waals surface area contributed by atoms with Crippen LogP contribution in [-0.4, -0.2) is 104 Å². The van der Waals surface area contributed by atoms with Crippen molar-refractivity contribution in [2.45, 2.75) is 204 Å². The zero-order chi connectivity index (χ0) is 44.4. The van der Waals surface area contributed by atoms with Gasteiger partial charge in [0.2, 0.25) is 0 Å². The molecule has 1 fully saturated rings. The first-order valence-corrected chi connectivity index (χ1v) is 23.9. The van der Waals surface area contributed by atoms with E-state index >= 15 is 0 Å². The van der Waals surface area contributed by atoms with Crippen molar-refractivity contribution in [1.82, 2.24) is 0 Å². The lowest BCUT2D eigenvalue weighted by atomic mass is 9.85. The number of carbonyl (C=O) groups is 3. The summed E-state index contributed by atoms with van der Waals surface area (Å²) in [4.78, 5) is 47.3. The van der Waals surface area contributed by atoms with Gasteiger partial charge in [0.25, 0.3) is 0 Å². The van der Waals surface area contributed by atoms with Gasteiger partial charge in [-0.05, 0) is 44.6 Å². The maximum Gasteiger partial charge on any atom is 0.472 e. The molecule has 0 aromatic rings. The van der Waals surface area contributed by atoms with Crippen LogP contribution in [0.2, 0.25) is 0 Å². The molecule has 0 spiro atoms. The summed E-state index contributed by atoms with van der Waals surface area (Å²) in [5.41, 5.74) is 0. The molecule has 0 amide bonds. The maximum absolute atomic E-state index is 12.8. The molecule has 0 bridgehead atoms. The summed E-state index contributed by atoms with van der Waals surface area (Å²) in [5, 5.41) is 50.1. The summed E-state index contributed by atoms with van der Waals surface area (Å²) >= 11 is 0. The fourth-order valence-electron chi connectivity index (χ4n) is 6.47. The third-order valence-electron chi connectivity index (χ3n) is 10.1. The van der Waals surface area contributed by atoms with E-state index in [0.29, 0.717) is 32.1 Å². The number of aliphatic hydroxyl groups excluding tert-OH is 5. The van der Waals surface area contributed by atoms with Crippen molar-refractivity contribution >= 4 is 25.5 Å². The van der Waals surface area contributed by atoms with Crippen molar-refractivity contribution < 1.29 is 67.9 Å². The number of hydrogen-bond donors (Lipinski definition) is 6. The molecule has 1 aliphatic rings. The van der Waals surface area contributed by atoms with Gasteiger partial charge in [0.15, 0.2) is 11.9 Å². The normalized spacial score (nSPS) is 22.5. The molecular weight excluding hydrogens is 795 g/mol. The minimum atomic E-state index is -5.14. The number of allylic oxidation sites excluding steroid dienone is 8. The second-order valence-corrected chi connectivity index (χ2v) is 17.0. The topological polar surface area (TPSA) is 227 Å². The molecule has 8 atom stereocenters. The highest BCUT2D eigenvalue weighted by Gasteiger charge is 2.51. The summed E-state index contributed by atoms with van der Waals surface area (Å²) in [5.74, 6) is -1.06. The molecule has 0 saturated heterocycles. The molecule has 0 aromatic heterocycles. The highest BCUT2D eigenvalue weighted by Crippen LogP contribution is 2.47. The summed E-state index contributed by atoms with van der Waals surface area (Å²) in [6, 6.07) is 0. The number of carbonyl (C=O) groups excluding carboxylic acids is 3. The smallest absolute Gasteiger partial charge is 0.462 e. The van der Waals surface area contributed by atoms with Crippen molar-refractivity contribution in [3.63, 3.8) is 0 Å². The summed E-state index contributed by atoms with van der Waals surface area (Å²) in [7, 11) is -5.14. The second kappa shape index (κ2) is 35.0. The van der Waals surface area contributed by atoms with E-state index in [2.05, 4.69) is 13.8 Å². The number of unbranched alkanes of at least 4 members (excludes halogenated alkanes) is 15. The van der Waals surface area contributed by atoms with Gasteiger partial charge in [0.05, 0.1) is 6.61 Å². The van der Waals surface area contributed by atoms with Crippen molar-refractivity contribution in [3.05, 3.63) is 48.6 Å². The van der Waals surface area contributed by atoms with Crippen molar-refractivity contribution in [2.75, 3.05) is 13.2 Å². The largest absolute Gasteiger partial charge is 0.472 e. The highest BCUT2D eigenvalue weighted by molar-refractivity contribution is 7.47. The fourth-order valence-corrected chi connectivity index (χ4v) is 7.44. The average Bonchev–Trinajstić information content (AvgIpc) is 3.22. The van der Waals surface area contributed by atoms with E-state index in [1.807, 2.05) is 36.5 Å². The summed E-state index contributed by atoms with van der Waals surface area (Å²) < 4.78 is 33.4. The monoisotopic (exact) mass is 873 g/mol. The van der Waals surface area contributed by atoms with Gasteiger partial charge in [0.1, 0.15) is 43.2 Å². The quantitative estimate of drug-likeness (QED) is 0.00892. The Hall–Kier alpha value is -2.52. The van der Waals surface area contributed by atoms with Crippen LogP contribution in [0.15, 0.2) is 48.6 Å². The van der Waals surface area contributed by atoms with E-state index < -0.39 is 75.7 Å². The number of phosphoric acid groups is 1. The Morgan fingerprint density at radius 3 is 1.65 bits per heavy atom. The number of phosphoric ester groups is 1. The Morgan fingerprint density at radius 1 is 0.567 bits per heavy atom. The first-order valence-electron chi connectivity index (χ1n) is 22.4. The van der Waals surface area contributed by atoms with Gasteiger partial charge in [-0.1, -0.05) is 146 Å². The van der Waals surface area contributed by atoms with Crippen molar-refractivity contribution in [1.29, 1.82) is 0 Å². The van der Waals surface area contributed by atoms with E-state index in [4.69, 9.17) is 18.5 Å². The summed E-state index contributed by atoms with van der Waals surface area (Å²) in [6.07, 6.45) is 23.0. The molecule has 1 rings (SSSR count). The van der Waals surface area contributed by atoms with Crippen molar-refractivity contribution in [2.24, 2.45) is 0 Å². The third-order valence-corrected chi connectivity index (χ3v) is 11.1. The van der Waals surface area contributed by atoms with Crippen LogP contribution in [0.4, 0.5) is 0 Å². The average molecular weight is 873 g/mol. The molecule has 60 heavy (non-hydrogen) atoms. The van der Waals surface area contributed by atoms with Crippen LogP contribution < -0.4 is 0 Å². The minimum absolute atomic E-state index is 0.00511. The van der Waals surface area contributed by atoms with Gasteiger partial charge in [0, 0.05) is 19.3 Å². The maximum atomic E-state index is 12.8. The van der Waals surface area contributed by atoms with Gasteiger partial charge in [-0.25, -0.2) is 4.57 Å². The molecule has 0 aromatic carbocycles. The molecule has 0 aliphatic heterocycles. The molecule has 0 heterocycles. The van der Waals surface area contributed by atoms with E-state index in [1.165, 1.54) is 57.8 Å². The predicted octanol–water partition coefficient (Wildman–Crippen LogP) is 7.57. The fraction of sp³-hybridized carbons (Fsp3) is 0.756. The molecule has 1 saturated carbocycles. The number of esters is 2. The second-order valence-electron chi connectivity index (χ2n) is 15.6. The van der Waals surface area contributed by atoms with Crippen LogP contribution in [-0.2, 0) is 37.5 Å². The van der Waals surface area contributed by atoms with Crippen LogP contribution >= 0.6 is 7.82 Å². The molecule has 3 unspecified atom stereocenters. The zero-order valence-corrected chi connectivity index (χ0v) is 37.1. The minimum Gasteiger partial charge on any atom is -0.462 e. The number of rotatable bonds is 36. The van der Waals surface area contributed by atoms with Crippen LogP contribution in [0.3, 0.4) is 0 Å². The Labute approximate surface area is 358 Å². The molecule has 0 radical (unpaired) electrons. The number of ether oxygens (including phenoxy) is 2. The lowest BCUT2D eigenvalue weighted by Gasteiger charge is -2.41. The van der Waals surface area contributed by atoms with E-state index in [1.54, 1.807) is 12.2 Å². The van der Waals surface area contributed by atoms with Gasteiger partial charge < -0.3 is 39.9 Å². The van der Waals surface area contributed by atoms with Crippen LogP contribution in [0.5, 0.6) is 0 Å². The van der Waals surface area contributed by atoms with Gasteiger partial charge >= 0.3 is 19.8 Å². The van der Waals surface area contributed by atoms with Gasteiger partial charge in [-0.15, -0.1) is 0 Å². The molecule has 15 heteroatoms. The Kier molecular flexibility index (Phi) is 32.4. The third kappa shape index (κ3) is 27.4. The summed E-state index contributed by atoms with van der Waals surface area (Å²) in [6.45, 7) is 3.08. The van der Waals surface area contributed by atoms with Crippen LogP contribution in [0, 0.1) is 0 Å². The van der Waals surface area contributed by atoms with E-state index in [9.17, 15) is 49.4 Å². The predicted molar refractivity (Wildman–Crippen MR) is 231 cm³/mol. The molecule has 6 N–H and O–H groups in total. The standard InChI is InChI=1S/C45H77O14P/c1-3-5-7-8-9-10-11-12-15-18-21-24-28-32-38(47)56-34-37(35-57-60(54,55)59-45-43(52)41(50)40(49)42(51)44(45)53)58-39(48)33-29-25-22-19-16-13-14-17-20-23-27-31-36(46)30-26-6-4-2/h13-14,19-20,22-23,27,31,37,40-45,49-53H,3-12,15-18,21,24-26,28-30,32-35H2,1-2H3,(H,54,55)/b14-13-,22-19-,23-20-,31-27+/t37-,40?,41-,42+,43-,44-,45?/m1/s1. The highest BCUT2D eigenvalue weighted by atomic mass is 31.2. The number of hydrogen-bond acceptors (Lipinski definition) is 13. The van der Waals surface area contributed by atoms with E-state index in [-0.39, 0.29) is 18.6 Å². The van der Waals surface area contributed by atoms with Gasteiger partial charge in [-0.2, -0.15) is 0 Å². The lowest BCUT2D eigenvalue weighted by molar-refractivity contribution is -0.220. The Balaban J connectivity index is 2.54. The lowest BCUT2D eigenvalue weighted by Crippen LogP contribution is -2.64. The van der Waals surface area contributed by atoms with Gasteiger partial charge in [-0.3, -0.25) is 23.4 Å². The Bertz CT molecular complexity index is 1300. The molecule has 14 nitrogen and oxygen atoms in total. The number of ketones is 1. The van der Waals surface area contributed by atoms with Crippen LogP contribution in [0.25, 0.3) is 0 Å². The van der Waals surface area contributed by atoms with E-state index in [0.717, 1.165) is 44.9 Å². The number of aliphatic hydroxyl groups is 5. The molecule has 1 aliphatic carbocycles. The Morgan fingerprint density at radius 2 is 1.05 bits per heavy atom.